The van der Waals surface area contributed by atoms with Crippen LogP contribution in [0.5, 0.6) is 5.75 Å². The minimum Gasteiger partial charge on any atom is -0.508 e. The zero-order chi connectivity index (χ0) is 12.3. The largest absolute Gasteiger partial charge is 0.508 e. The van der Waals surface area contributed by atoms with Gasteiger partial charge in [0.2, 0.25) is 0 Å². The highest BCUT2D eigenvalue weighted by atomic mass is 35.5. The van der Waals surface area contributed by atoms with Crippen molar-refractivity contribution in [2.75, 3.05) is 20.1 Å². The highest BCUT2D eigenvalue weighted by molar-refractivity contribution is 6.30. The van der Waals surface area contributed by atoms with Crippen molar-refractivity contribution >= 4 is 11.6 Å². The molecule has 2 N–H and O–H groups in total. The van der Waals surface area contributed by atoms with E-state index in [0.717, 1.165) is 18.7 Å². The standard InChI is InChI=1S/C13H19ClN2O/c1-16-6-4-12(5-7-16)15-9-10-2-3-11(14)8-13(10)17/h2-3,8,12,15,17H,4-7,9H2,1H3. The number of hydrogen-bond acceptors (Lipinski definition) is 3. The fourth-order valence-corrected chi connectivity index (χ4v) is 2.32. The number of rotatable bonds is 3. The molecule has 0 radical (unpaired) electrons. The van der Waals surface area contributed by atoms with Crippen molar-refractivity contribution in [1.82, 2.24) is 10.2 Å². The number of nitrogens with one attached hydrogen (secondary N) is 1. The average molecular weight is 255 g/mol. The van der Waals surface area contributed by atoms with Gasteiger partial charge in [-0.1, -0.05) is 17.7 Å². The Labute approximate surface area is 107 Å². The van der Waals surface area contributed by atoms with Crippen molar-refractivity contribution < 1.29 is 5.11 Å². The summed E-state index contributed by atoms with van der Waals surface area (Å²) in [7, 11) is 2.15. The van der Waals surface area contributed by atoms with E-state index in [9.17, 15) is 5.11 Å². The van der Waals surface area contributed by atoms with Crippen LogP contribution in [0.25, 0.3) is 0 Å². The van der Waals surface area contributed by atoms with Crippen molar-refractivity contribution in [3.8, 4) is 5.75 Å². The number of aromatic hydroxyl groups is 1. The number of phenols is 1. The second-order valence-electron chi connectivity index (χ2n) is 4.73. The first kappa shape index (κ1) is 12.7. The van der Waals surface area contributed by atoms with Gasteiger partial charge in [0.05, 0.1) is 0 Å². The summed E-state index contributed by atoms with van der Waals surface area (Å²) >= 11 is 5.80. The third kappa shape index (κ3) is 3.60. The molecule has 0 unspecified atom stereocenters. The molecular formula is C13H19ClN2O. The van der Waals surface area contributed by atoms with Gasteiger partial charge in [-0.15, -0.1) is 0 Å². The SMILES string of the molecule is CN1CCC(NCc2ccc(Cl)cc2O)CC1. The van der Waals surface area contributed by atoms with E-state index in [1.165, 1.54) is 12.8 Å². The average Bonchev–Trinajstić information content (AvgIpc) is 2.30. The lowest BCUT2D eigenvalue weighted by Gasteiger charge is -2.29. The number of hydrogen-bond donors (Lipinski definition) is 2. The van der Waals surface area contributed by atoms with Gasteiger partial charge in [-0.05, 0) is 45.1 Å². The number of likely N-dealkylation sites (tertiary alicyclic amines) is 1. The Morgan fingerprint density at radius 2 is 2.12 bits per heavy atom. The quantitative estimate of drug-likeness (QED) is 0.868. The third-order valence-corrected chi connectivity index (χ3v) is 3.58. The van der Waals surface area contributed by atoms with Crippen LogP contribution in [0.1, 0.15) is 18.4 Å². The van der Waals surface area contributed by atoms with Gasteiger partial charge in [0, 0.05) is 23.2 Å². The van der Waals surface area contributed by atoms with Crippen LogP contribution >= 0.6 is 11.6 Å². The van der Waals surface area contributed by atoms with E-state index in [0.29, 0.717) is 17.6 Å². The first-order valence-electron chi connectivity index (χ1n) is 6.04. The predicted molar refractivity (Wildman–Crippen MR) is 70.5 cm³/mol. The maximum absolute atomic E-state index is 9.73. The van der Waals surface area contributed by atoms with Crippen LogP contribution in [0.15, 0.2) is 18.2 Å². The molecule has 2 rings (SSSR count). The molecule has 0 aliphatic carbocycles. The van der Waals surface area contributed by atoms with Crippen molar-refractivity contribution in [3.63, 3.8) is 0 Å². The van der Waals surface area contributed by atoms with Crippen LogP contribution in [0.2, 0.25) is 5.02 Å². The Balaban J connectivity index is 1.85. The van der Waals surface area contributed by atoms with Crippen LogP contribution in [-0.4, -0.2) is 36.2 Å². The molecule has 1 aliphatic heterocycles. The fourth-order valence-electron chi connectivity index (χ4n) is 2.15. The van der Waals surface area contributed by atoms with Crippen LogP contribution < -0.4 is 5.32 Å². The highest BCUT2D eigenvalue weighted by Gasteiger charge is 2.16. The molecule has 0 aromatic heterocycles. The lowest BCUT2D eigenvalue weighted by atomic mass is 10.1. The van der Waals surface area contributed by atoms with Gasteiger partial charge in [0.25, 0.3) is 0 Å². The van der Waals surface area contributed by atoms with E-state index in [2.05, 4.69) is 17.3 Å². The van der Waals surface area contributed by atoms with Crippen LogP contribution in [0.4, 0.5) is 0 Å². The first-order valence-corrected chi connectivity index (χ1v) is 6.42. The Bertz CT molecular complexity index is 376. The molecular weight excluding hydrogens is 236 g/mol. The van der Waals surface area contributed by atoms with Crippen molar-refractivity contribution in [1.29, 1.82) is 0 Å². The molecule has 0 bridgehead atoms. The van der Waals surface area contributed by atoms with E-state index >= 15 is 0 Å². The zero-order valence-corrected chi connectivity index (χ0v) is 10.9. The third-order valence-electron chi connectivity index (χ3n) is 3.35. The summed E-state index contributed by atoms with van der Waals surface area (Å²) in [6.45, 7) is 2.99. The van der Waals surface area contributed by atoms with E-state index < -0.39 is 0 Å². The molecule has 1 aromatic rings. The molecule has 3 nitrogen and oxygen atoms in total. The molecule has 1 saturated heterocycles. The van der Waals surface area contributed by atoms with Gasteiger partial charge in [-0.25, -0.2) is 0 Å². The maximum Gasteiger partial charge on any atom is 0.121 e. The summed E-state index contributed by atoms with van der Waals surface area (Å²) in [5.41, 5.74) is 0.910. The molecule has 0 spiro atoms. The molecule has 1 fully saturated rings. The lowest BCUT2D eigenvalue weighted by Crippen LogP contribution is -2.40. The molecule has 1 heterocycles. The number of phenolic OH excluding ortho intramolecular Hbond substituents is 1. The van der Waals surface area contributed by atoms with Gasteiger partial charge >= 0.3 is 0 Å². The van der Waals surface area contributed by atoms with Crippen LogP contribution in [0, 0.1) is 0 Å². The van der Waals surface area contributed by atoms with Gasteiger partial charge in [-0.3, -0.25) is 0 Å². The Kier molecular flexibility index (Phi) is 4.26. The number of halogens is 1. The summed E-state index contributed by atoms with van der Waals surface area (Å²) in [6, 6.07) is 5.83. The Hall–Kier alpha value is -0.770. The maximum atomic E-state index is 9.73. The van der Waals surface area contributed by atoms with Crippen LogP contribution in [-0.2, 0) is 6.54 Å². The van der Waals surface area contributed by atoms with Crippen LogP contribution in [0.3, 0.4) is 0 Å². The van der Waals surface area contributed by atoms with Crippen molar-refractivity contribution in [2.45, 2.75) is 25.4 Å². The summed E-state index contributed by atoms with van der Waals surface area (Å²) < 4.78 is 0. The summed E-state index contributed by atoms with van der Waals surface area (Å²) in [4.78, 5) is 2.35. The number of piperidine rings is 1. The molecule has 0 amide bonds. The Morgan fingerprint density at radius 3 is 2.76 bits per heavy atom. The zero-order valence-electron chi connectivity index (χ0n) is 10.1. The molecule has 94 valence electrons. The summed E-state index contributed by atoms with van der Waals surface area (Å²) in [6.07, 6.45) is 2.34. The number of nitrogens with zero attached hydrogens (tertiary/aromatic N) is 1. The fraction of sp³-hybridized carbons (Fsp3) is 0.538. The molecule has 0 saturated carbocycles. The Morgan fingerprint density at radius 1 is 1.41 bits per heavy atom. The molecule has 4 heteroatoms. The number of benzene rings is 1. The van der Waals surface area contributed by atoms with E-state index in [-0.39, 0.29) is 5.75 Å². The van der Waals surface area contributed by atoms with E-state index in [1.54, 1.807) is 6.07 Å². The molecule has 1 aliphatic rings. The monoisotopic (exact) mass is 254 g/mol. The predicted octanol–water partition coefficient (Wildman–Crippen LogP) is 2.23. The summed E-state index contributed by atoms with van der Waals surface area (Å²) in [5.74, 6) is 0.276. The topological polar surface area (TPSA) is 35.5 Å². The first-order chi connectivity index (χ1) is 8.15. The van der Waals surface area contributed by atoms with Gasteiger partial charge in [-0.2, -0.15) is 0 Å². The van der Waals surface area contributed by atoms with Crippen molar-refractivity contribution in [2.24, 2.45) is 0 Å². The minimum atomic E-state index is 0.276. The highest BCUT2D eigenvalue weighted by Crippen LogP contribution is 2.22. The van der Waals surface area contributed by atoms with Gasteiger partial charge < -0.3 is 15.3 Å². The normalized spacial score (nSPS) is 18.5. The second-order valence-corrected chi connectivity index (χ2v) is 5.17. The lowest BCUT2D eigenvalue weighted by molar-refractivity contribution is 0.233. The van der Waals surface area contributed by atoms with E-state index in [4.69, 9.17) is 11.6 Å². The molecule has 1 aromatic carbocycles. The van der Waals surface area contributed by atoms with E-state index in [1.807, 2.05) is 12.1 Å². The summed E-state index contributed by atoms with van der Waals surface area (Å²) in [5, 5.41) is 13.8. The van der Waals surface area contributed by atoms with Gasteiger partial charge in [0.15, 0.2) is 0 Å². The molecule has 0 atom stereocenters. The van der Waals surface area contributed by atoms with Gasteiger partial charge in [0.1, 0.15) is 5.75 Å². The minimum absolute atomic E-state index is 0.276. The molecule has 17 heavy (non-hydrogen) atoms. The second kappa shape index (κ2) is 5.71. The smallest absolute Gasteiger partial charge is 0.121 e. The van der Waals surface area contributed by atoms with Crippen molar-refractivity contribution in [3.05, 3.63) is 28.8 Å².